The Morgan fingerprint density at radius 1 is 0.933 bits per heavy atom. The van der Waals surface area contributed by atoms with Crippen molar-refractivity contribution in [1.82, 2.24) is 24.8 Å². The maximum absolute atomic E-state index is 12.8. The molecule has 1 amide bonds. The molecule has 1 aliphatic rings. The third-order valence-electron chi connectivity index (χ3n) is 5.36. The van der Waals surface area contributed by atoms with Gasteiger partial charge in [-0.25, -0.2) is 0 Å². The average molecular weight is 402 g/mol. The van der Waals surface area contributed by atoms with Gasteiger partial charge in [-0.1, -0.05) is 78.0 Å². The largest absolute Gasteiger partial charge is 0.335 e. The highest BCUT2D eigenvalue weighted by Crippen LogP contribution is 2.09. The molecule has 0 unspecified atom stereocenters. The van der Waals surface area contributed by atoms with E-state index in [1.54, 1.807) is 10.9 Å². The summed E-state index contributed by atoms with van der Waals surface area (Å²) in [5.41, 5.74) is 2.89. The Balaban J connectivity index is 1.23. The fourth-order valence-corrected chi connectivity index (χ4v) is 3.59. The molecule has 1 saturated heterocycles. The number of piperazine rings is 1. The highest BCUT2D eigenvalue weighted by atomic mass is 16.2. The molecule has 2 aromatic carbocycles. The average Bonchev–Trinajstić information content (AvgIpc) is 3.28. The Bertz CT molecular complexity index is 960. The van der Waals surface area contributed by atoms with Gasteiger partial charge in [-0.3, -0.25) is 14.4 Å². The summed E-state index contributed by atoms with van der Waals surface area (Å²) in [6.45, 7) is 4.78. The molecule has 0 atom stereocenters. The van der Waals surface area contributed by atoms with Crippen molar-refractivity contribution in [1.29, 1.82) is 0 Å². The SMILES string of the molecule is O=C(c1cn(CCc2ccccc2)nn1)N1CCN(C/C=C/c2ccccc2)CC1. The standard InChI is InChI=1S/C24H27N5O/c30-24(23-20-29(26-25-23)15-13-22-10-5-2-6-11-22)28-18-16-27(17-19-28)14-7-12-21-8-3-1-4-9-21/h1-12,20H,13-19H2/b12-7+. The molecule has 1 aliphatic heterocycles. The van der Waals surface area contributed by atoms with Crippen LogP contribution in [0, 0.1) is 0 Å². The number of carbonyl (C=O) groups is 1. The summed E-state index contributed by atoms with van der Waals surface area (Å²) in [6.07, 6.45) is 6.96. The Labute approximate surface area is 177 Å². The number of amides is 1. The molecular weight excluding hydrogens is 374 g/mol. The number of nitrogens with zero attached hydrogens (tertiary/aromatic N) is 5. The summed E-state index contributed by atoms with van der Waals surface area (Å²) in [5, 5.41) is 8.23. The molecule has 1 aromatic heterocycles. The predicted octanol–water partition coefficient (Wildman–Crippen LogP) is 2.99. The first-order chi connectivity index (χ1) is 14.8. The maximum atomic E-state index is 12.8. The van der Waals surface area contributed by atoms with Crippen LogP contribution >= 0.6 is 0 Å². The minimum absolute atomic E-state index is 0.0274. The van der Waals surface area contributed by atoms with Crippen LogP contribution in [0.1, 0.15) is 21.6 Å². The molecule has 6 nitrogen and oxygen atoms in total. The molecule has 1 fully saturated rings. The van der Waals surface area contributed by atoms with Crippen LogP contribution in [0.15, 0.2) is 72.9 Å². The van der Waals surface area contributed by atoms with Crippen LogP contribution in [0.5, 0.6) is 0 Å². The van der Waals surface area contributed by atoms with Gasteiger partial charge in [0.15, 0.2) is 5.69 Å². The van der Waals surface area contributed by atoms with Gasteiger partial charge in [0.1, 0.15) is 0 Å². The molecule has 0 radical (unpaired) electrons. The Hall–Kier alpha value is -3.25. The smallest absolute Gasteiger partial charge is 0.276 e. The highest BCUT2D eigenvalue weighted by Gasteiger charge is 2.23. The summed E-state index contributed by atoms with van der Waals surface area (Å²) in [7, 11) is 0. The van der Waals surface area contributed by atoms with Crippen LogP contribution in [-0.2, 0) is 13.0 Å². The van der Waals surface area contributed by atoms with E-state index in [9.17, 15) is 4.79 Å². The van der Waals surface area contributed by atoms with E-state index in [1.807, 2.05) is 41.3 Å². The summed E-state index contributed by atoms with van der Waals surface area (Å²) < 4.78 is 1.75. The van der Waals surface area contributed by atoms with Gasteiger partial charge in [-0.2, -0.15) is 0 Å². The summed E-state index contributed by atoms with van der Waals surface area (Å²) in [6, 6.07) is 20.6. The van der Waals surface area contributed by atoms with Crippen molar-refractivity contribution in [3.63, 3.8) is 0 Å². The van der Waals surface area contributed by atoms with Crippen LogP contribution < -0.4 is 0 Å². The lowest BCUT2D eigenvalue weighted by Crippen LogP contribution is -2.48. The second kappa shape index (κ2) is 9.98. The van der Waals surface area contributed by atoms with E-state index in [2.05, 4.69) is 51.6 Å². The van der Waals surface area contributed by atoms with Gasteiger partial charge in [-0.15, -0.1) is 5.10 Å². The van der Waals surface area contributed by atoms with Gasteiger partial charge < -0.3 is 4.90 Å². The summed E-state index contributed by atoms with van der Waals surface area (Å²) in [5.74, 6) is -0.0274. The number of rotatable bonds is 7. The molecule has 30 heavy (non-hydrogen) atoms. The van der Waals surface area contributed by atoms with Gasteiger partial charge in [-0.05, 0) is 17.5 Å². The van der Waals surface area contributed by atoms with Crippen LogP contribution in [0.25, 0.3) is 6.08 Å². The molecule has 0 spiro atoms. The van der Waals surface area contributed by atoms with Crippen molar-refractivity contribution < 1.29 is 4.79 Å². The van der Waals surface area contributed by atoms with Crippen LogP contribution in [0.3, 0.4) is 0 Å². The third kappa shape index (κ3) is 5.42. The van der Waals surface area contributed by atoms with E-state index < -0.39 is 0 Å². The minimum atomic E-state index is -0.0274. The molecule has 0 N–H and O–H groups in total. The lowest BCUT2D eigenvalue weighted by atomic mass is 10.1. The van der Waals surface area contributed by atoms with E-state index in [-0.39, 0.29) is 5.91 Å². The number of hydrogen-bond donors (Lipinski definition) is 0. The predicted molar refractivity (Wildman–Crippen MR) is 118 cm³/mol. The quantitative estimate of drug-likeness (QED) is 0.611. The highest BCUT2D eigenvalue weighted by molar-refractivity contribution is 5.92. The van der Waals surface area contributed by atoms with E-state index in [0.717, 1.165) is 39.1 Å². The molecule has 0 aliphatic carbocycles. The zero-order valence-electron chi connectivity index (χ0n) is 17.1. The topological polar surface area (TPSA) is 54.3 Å². The van der Waals surface area contributed by atoms with Gasteiger partial charge >= 0.3 is 0 Å². The third-order valence-corrected chi connectivity index (χ3v) is 5.36. The first-order valence-corrected chi connectivity index (χ1v) is 10.5. The Kier molecular flexibility index (Phi) is 6.67. The number of benzene rings is 2. The number of aromatic nitrogens is 3. The Morgan fingerprint density at radius 2 is 1.63 bits per heavy atom. The summed E-state index contributed by atoms with van der Waals surface area (Å²) in [4.78, 5) is 17.0. The van der Waals surface area contributed by atoms with Crippen LogP contribution in [-0.4, -0.2) is 63.4 Å². The number of hydrogen-bond acceptors (Lipinski definition) is 4. The zero-order chi connectivity index (χ0) is 20.6. The zero-order valence-corrected chi connectivity index (χ0v) is 17.1. The molecule has 0 saturated carbocycles. The van der Waals surface area contributed by atoms with Crippen LogP contribution in [0.2, 0.25) is 0 Å². The van der Waals surface area contributed by atoms with Crippen molar-refractivity contribution in [3.8, 4) is 0 Å². The maximum Gasteiger partial charge on any atom is 0.276 e. The van der Waals surface area contributed by atoms with Gasteiger partial charge in [0.25, 0.3) is 5.91 Å². The van der Waals surface area contributed by atoms with Gasteiger partial charge in [0.05, 0.1) is 6.20 Å². The first-order valence-electron chi connectivity index (χ1n) is 10.5. The van der Waals surface area contributed by atoms with Crippen molar-refractivity contribution >= 4 is 12.0 Å². The van der Waals surface area contributed by atoms with Crippen molar-refractivity contribution in [2.75, 3.05) is 32.7 Å². The van der Waals surface area contributed by atoms with E-state index in [0.29, 0.717) is 12.2 Å². The van der Waals surface area contributed by atoms with Crippen molar-refractivity contribution in [3.05, 3.63) is 89.8 Å². The number of aryl methyl sites for hydroxylation is 2. The second-order valence-electron chi connectivity index (χ2n) is 7.51. The normalized spacial score (nSPS) is 15.0. The van der Waals surface area contributed by atoms with Gasteiger partial charge in [0, 0.05) is 39.3 Å². The van der Waals surface area contributed by atoms with Gasteiger partial charge in [0.2, 0.25) is 0 Å². The molecule has 154 valence electrons. The first kappa shape index (κ1) is 20.0. The molecular formula is C24H27N5O. The monoisotopic (exact) mass is 401 g/mol. The van der Waals surface area contributed by atoms with Crippen molar-refractivity contribution in [2.45, 2.75) is 13.0 Å². The second-order valence-corrected chi connectivity index (χ2v) is 7.51. The van der Waals surface area contributed by atoms with Crippen LogP contribution in [0.4, 0.5) is 0 Å². The fourth-order valence-electron chi connectivity index (χ4n) is 3.59. The minimum Gasteiger partial charge on any atom is -0.335 e. The Morgan fingerprint density at radius 3 is 2.37 bits per heavy atom. The molecule has 4 rings (SSSR count). The van der Waals surface area contributed by atoms with E-state index in [4.69, 9.17) is 0 Å². The summed E-state index contributed by atoms with van der Waals surface area (Å²) >= 11 is 0. The molecule has 3 aromatic rings. The lowest BCUT2D eigenvalue weighted by molar-refractivity contribution is 0.0644. The molecule has 0 bridgehead atoms. The fraction of sp³-hybridized carbons (Fsp3) is 0.292. The van der Waals surface area contributed by atoms with Crippen molar-refractivity contribution in [2.24, 2.45) is 0 Å². The molecule has 6 heteroatoms. The van der Waals surface area contributed by atoms with E-state index in [1.165, 1.54) is 11.1 Å². The number of carbonyl (C=O) groups excluding carboxylic acids is 1. The lowest BCUT2D eigenvalue weighted by Gasteiger charge is -2.33. The molecule has 2 heterocycles. The van der Waals surface area contributed by atoms with E-state index >= 15 is 0 Å².